The van der Waals surface area contributed by atoms with Crippen LogP contribution in [-0.4, -0.2) is 5.91 Å². The second-order valence-corrected chi connectivity index (χ2v) is 2.87. The first-order valence-corrected chi connectivity index (χ1v) is 4.21. The summed E-state index contributed by atoms with van der Waals surface area (Å²) in [5, 5.41) is 8.41. The molecular weight excluding hydrogens is 214 g/mol. The fraction of sp³-hybridized carbons (Fsp3) is 0.0909. The van der Waals surface area contributed by atoms with Gasteiger partial charge in [0.25, 0.3) is 0 Å². The molecule has 0 heterocycles. The Balaban J connectivity index is 3.04. The second-order valence-electron chi connectivity index (χ2n) is 2.87. The number of benzene rings is 1. The highest BCUT2D eigenvalue weighted by Crippen LogP contribution is 2.13. The first-order chi connectivity index (χ1) is 7.54. The molecule has 0 aliphatic heterocycles. The Labute approximate surface area is 90.5 Å². The molecular formula is C11H6F2N2O. The summed E-state index contributed by atoms with van der Waals surface area (Å²) in [7, 11) is 0. The maximum absolute atomic E-state index is 13.1. The van der Waals surface area contributed by atoms with Crippen molar-refractivity contribution in [1.29, 1.82) is 5.26 Å². The molecule has 0 aliphatic carbocycles. The number of hydrogen-bond donors (Lipinski definition) is 1. The van der Waals surface area contributed by atoms with Crippen LogP contribution >= 0.6 is 0 Å². The van der Waals surface area contributed by atoms with Gasteiger partial charge in [0.2, 0.25) is 5.91 Å². The van der Waals surface area contributed by atoms with E-state index in [1.807, 2.05) is 0 Å². The zero-order chi connectivity index (χ0) is 12.1. The van der Waals surface area contributed by atoms with Crippen LogP contribution in [-0.2, 0) is 4.79 Å². The normalized spacial score (nSPS) is 8.81. The molecule has 0 bridgehead atoms. The highest BCUT2D eigenvalue weighted by atomic mass is 19.1. The number of carbonyl (C=O) groups excluding carboxylic acids is 1. The highest BCUT2D eigenvalue weighted by Gasteiger charge is 2.09. The van der Waals surface area contributed by atoms with Gasteiger partial charge in [0.1, 0.15) is 23.3 Å². The third-order valence-corrected chi connectivity index (χ3v) is 1.65. The lowest BCUT2D eigenvalue weighted by Crippen LogP contribution is -2.08. The monoisotopic (exact) mass is 220 g/mol. The Kier molecular flexibility index (Phi) is 3.58. The molecule has 0 aliphatic rings. The van der Waals surface area contributed by atoms with Gasteiger partial charge in [-0.1, -0.05) is 11.8 Å². The molecule has 0 spiro atoms. The number of primary amides is 1. The Hall–Kier alpha value is -2.40. The number of nitriles is 1. The van der Waals surface area contributed by atoms with E-state index in [1.165, 1.54) is 6.07 Å². The predicted molar refractivity (Wildman–Crippen MR) is 51.8 cm³/mol. The fourth-order valence-electron chi connectivity index (χ4n) is 0.985. The van der Waals surface area contributed by atoms with E-state index in [0.717, 1.165) is 12.1 Å². The smallest absolute Gasteiger partial charge is 0.229 e. The van der Waals surface area contributed by atoms with Gasteiger partial charge in [0.05, 0.1) is 6.42 Å². The van der Waals surface area contributed by atoms with E-state index in [-0.39, 0.29) is 12.0 Å². The number of amides is 1. The highest BCUT2D eigenvalue weighted by molar-refractivity contribution is 5.76. The lowest BCUT2D eigenvalue weighted by Gasteiger charge is -1.96. The molecule has 1 aromatic carbocycles. The van der Waals surface area contributed by atoms with E-state index in [4.69, 9.17) is 11.0 Å². The molecule has 0 aromatic heterocycles. The average molecular weight is 220 g/mol. The summed E-state index contributed by atoms with van der Waals surface area (Å²) >= 11 is 0. The van der Waals surface area contributed by atoms with Crippen molar-refractivity contribution >= 4 is 5.91 Å². The van der Waals surface area contributed by atoms with Crippen LogP contribution in [0, 0.1) is 34.8 Å². The Morgan fingerprint density at radius 3 is 2.38 bits per heavy atom. The van der Waals surface area contributed by atoms with Crippen molar-refractivity contribution in [2.24, 2.45) is 5.73 Å². The molecule has 16 heavy (non-hydrogen) atoms. The van der Waals surface area contributed by atoms with E-state index in [1.54, 1.807) is 0 Å². The van der Waals surface area contributed by atoms with E-state index in [9.17, 15) is 13.6 Å². The van der Waals surface area contributed by atoms with Crippen molar-refractivity contribution in [3.8, 4) is 17.9 Å². The Morgan fingerprint density at radius 2 is 1.94 bits per heavy atom. The first kappa shape index (κ1) is 11.7. The van der Waals surface area contributed by atoms with E-state index >= 15 is 0 Å². The van der Waals surface area contributed by atoms with Crippen molar-refractivity contribution in [3.05, 3.63) is 34.9 Å². The fourth-order valence-corrected chi connectivity index (χ4v) is 0.985. The van der Waals surface area contributed by atoms with Crippen molar-refractivity contribution in [2.45, 2.75) is 6.42 Å². The van der Waals surface area contributed by atoms with Gasteiger partial charge in [-0.05, 0) is 12.1 Å². The molecule has 0 atom stereocenters. The molecule has 0 radical (unpaired) electrons. The van der Waals surface area contributed by atoms with Gasteiger partial charge >= 0.3 is 0 Å². The van der Waals surface area contributed by atoms with Crippen molar-refractivity contribution in [1.82, 2.24) is 0 Å². The van der Waals surface area contributed by atoms with Crippen molar-refractivity contribution < 1.29 is 13.6 Å². The second kappa shape index (κ2) is 4.90. The summed E-state index contributed by atoms with van der Waals surface area (Å²) in [5.41, 5.74) is 4.23. The first-order valence-electron chi connectivity index (χ1n) is 4.21. The van der Waals surface area contributed by atoms with Gasteiger partial charge in [-0.25, -0.2) is 8.78 Å². The number of hydrogen-bond acceptors (Lipinski definition) is 2. The van der Waals surface area contributed by atoms with Crippen LogP contribution < -0.4 is 5.73 Å². The van der Waals surface area contributed by atoms with Gasteiger partial charge in [0, 0.05) is 5.56 Å². The molecule has 2 N–H and O–H groups in total. The number of halogens is 2. The molecule has 0 saturated carbocycles. The largest absolute Gasteiger partial charge is 0.369 e. The van der Waals surface area contributed by atoms with Crippen LogP contribution in [0.15, 0.2) is 12.1 Å². The van der Waals surface area contributed by atoms with E-state index < -0.39 is 23.1 Å². The van der Waals surface area contributed by atoms with Crippen LogP contribution in [0.2, 0.25) is 0 Å². The number of nitrogens with zero attached hydrogens (tertiary/aromatic N) is 1. The summed E-state index contributed by atoms with van der Waals surface area (Å²) in [6, 6.07) is 3.25. The van der Waals surface area contributed by atoms with Gasteiger partial charge in [-0.15, -0.1) is 0 Å². The van der Waals surface area contributed by atoms with Gasteiger partial charge in [0.15, 0.2) is 0 Å². The van der Waals surface area contributed by atoms with E-state index in [2.05, 4.69) is 11.8 Å². The Morgan fingerprint density at radius 1 is 1.38 bits per heavy atom. The number of nitrogens with two attached hydrogens (primary N) is 1. The molecule has 3 nitrogen and oxygen atoms in total. The minimum Gasteiger partial charge on any atom is -0.369 e. The predicted octanol–water partition coefficient (Wildman–Crippen LogP) is 1.06. The maximum atomic E-state index is 13.1. The topological polar surface area (TPSA) is 66.9 Å². The molecule has 0 unspecified atom stereocenters. The summed E-state index contributed by atoms with van der Waals surface area (Å²) in [5.74, 6) is 2.14. The van der Waals surface area contributed by atoms with Gasteiger partial charge in [-0.3, -0.25) is 4.79 Å². The SMILES string of the molecule is N#Cc1c(F)cc(C#CCC(N)=O)cc1F. The van der Waals surface area contributed by atoms with Crippen LogP contribution in [0.25, 0.3) is 0 Å². The van der Waals surface area contributed by atoms with E-state index in [0.29, 0.717) is 0 Å². The Bertz CT molecular complexity index is 512. The van der Waals surface area contributed by atoms with Crippen molar-refractivity contribution in [3.63, 3.8) is 0 Å². The molecule has 0 saturated heterocycles. The summed E-state index contributed by atoms with van der Waals surface area (Å²) < 4.78 is 26.2. The van der Waals surface area contributed by atoms with Gasteiger partial charge < -0.3 is 5.73 Å². The van der Waals surface area contributed by atoms with Crippen LogP contribution in [0.5, 0.6) is 0 Å². The third-order valence-electron chi connectivity index (χ3n) is 1.65. The molecule has 80 valence electrons. The summed E-state index contributed by atoms with van der Waals surface area (Å²) in [4.78, 5) is 10.4. The number of carbonyl (C=O) groups is 1. The molecule has 5 heteroatoms. The van der Waals surface area contributed by atoms with Crippen LogP contribution in [0.1, 0.15) is 17.5 Å². The molecule has 1 aromatic rings. The average Bonchev–Trinajstić information content (AvgIpc) is 2.16. The summed E-state index contributed by atoms with van der Waals surface area (Å²) in [6.45, 7) is 0. The third kappa shape index (κ3) is 2.79. The van der Waals surface area contributed by atoms with Gasteiger partial charge in [-0.2, -0.15) is 5.26 Å². The molecule has 0 fully saturated rings. The maximum Gasteiger partial charge on any atom is 0.229 e. The summed E-state index contributed by atoms with van der Waals surface area (Å²) in [6.07, 6.45) is -0.191. The zero-order valence-corrected chi connectivity index (χ0v) is 8.05. The molecule has 1 amide bonds. The lowest BCUT2D eigenvalue weighted by atomic mass is 10.1. The zero-order valence-electron chi connectivity index (χ0n) is 8.05. The van der Waals surface area contributed by atoms with Crippen LogP contribution in [0.4, 0.5) is 8.78 Å². The molecule has 1 rings (SSSR count). The lowest BCUT2D eigenvalue weighted by molar-refractivity contribution is -0.117. The number of rotatable bonds is 1. The van der Waals surface area contributed by atoms with Crippen LogP contribution in [0.3, 0.4) is 0 Å². The minimum atomic E-state index is -0.981. The standard InChI is InChI=1S/C11H6F2N2O/c12-9-4-7(2-1-3-11(15)16)5-10(13)8(9)6-14/h4-5H,3H2,(H2,15,16). The van der Waals surface area contributed by atoms with Crippen molar-refractivity contribution in [2.75, 3.05) is 0 Å². The minimum absolute atomic E-state index is 0.0512. The quantitative estimate of drug-likeness (QED) is 0.719.